The quantitative estimate of drug-likeness (QED) is 0.754. The molecule has 76 valence electrons. The van der Waals surface area contributed by atoms with Crippen molar-refractivity contribution < 1.29 is 8.78 Å². The zero-order valence-corrected chi connectivity index (χ0v) is 8.31. The van der Waals surface area contributed by atoms with Gasteiger partial charge in [0.25, 0.3) is 0 Å². The topological polar surface area (TPSA) is 28.7 Å². The van der Waals surface area contributed by atoms with Crippen LogP contribution in [0.5, 0.6) is 0 Å². The normalized spacial score (nSPS) is 10.3. The van der Waals surface area contributed by atoms with Crippen LogP contribution in [0.4, 0.5) is 8.78 Å². The summed E-state index contributed by atoms with van der Waals surface area (Å²) in [6.07, 6.45) is 2.89. The van der Waals surface area contributed by atoms with E-state index >= 15 is 0 Å². The number of aromatic amines is 1. The summed E-state index contributed by atoms with van der Waals surface area (Å²) < 4.78 is 26.4. The first kappa shape index (κ1) is 9.92. The van der Waals surface area contributed by atoms with E-state index in [1.807, 2.05) is 0 Å². The standard InChI is InChI=1S/C10H6F2N2S/c11-6-1-2-7(8(12)3-6)9-4-14-10(15)5-13-9/h1-5H,(H,14,15). The van der Waals surface area contributed by atoms with E-state index < -0.39 is 11.6 Å². The van der Waals surface area contributed by atoms with Crippen LogP contribution in [0.2, 0.25) is 0 Å². The van der Waals surface area contributed by atoms with Crippen LogP contribution in [0.25, 0.3) is 11.3 Å². The van der Waals surface area contributed by atoms with Crippen molar-refractivity contribution in [3.05, 3.63) is 46.9 Å². The van der Waals surface area contributed by atoms with Gasteiger partial charge in [0.15, 0.2) is 0 Å². The van der Waals surface area contributed by atoms with Gasteiger partial charge in [-0.2, -0.15) is 0 Å². The van der Waals surface area contributed by atoms with Gasteiger partial charge in [0, 0.05) is 17.8 Å². The Kier molecular flexibility index (Phi) is 2.55. The maximum atomic E-state index is 13.3. The maximum absolute atomic E-state index is 13.3. The van der Waals surface area contributed by atoms with Gasteiger partial charge < -0.3 is 4.98 Å². The van der Waals surface area contributed by atoms with Gasteiger partial charge in [0.2, 0.25) is 0 Å². The van der Waals surface area contributed by atoms with E-state index in [4.69, 9.17) is 12.2 Å². The molecule has 1 aromatic carbocycles. The van der Waals surface area contributed by atoms with Gasteiger partial charge in [-0.1, -0.05) is 12.2 Å². The molecule has 2 aromatic rings. The molecule has 0 saturated heterocycles. The SMILES string of the molecule is Fc1ccc(-c2c[nH]c(=S)cn2)c(F)c1. The molecule has 0 atom stereocenters. The first-order chi connectivity index (χ1) is 7.16. The minimum atomic E-state index is -0.645. The molecule has 0 radical (unpaired) electrons. The van der Waals surface area contributed by atoms with E-state index in [2.05, 4.69) is 9.97 Å². The second kappa shape index (κ2) is 3.86. The third-order valence-electron chi connectivity index (χ3n) is 1.88. The zero-order chi connectivity index (χ0) is 10.8. The van der Waals surface area contributed by atoms with Crippen molar-refractivity contribution in [3.8, 4) is 11.3 Å². The Morgan fingerprint density at radius 3 is 2.67 bits per heavy atom. The highest BCUT2D eigenvalue weighted by Crippen LogP contribution is 2.20. The Labute approximate surface area is 89.6 Å². The van der Waals surface area contributed by atoms with E-state index in [0.29, 0.717) is 10.3 Å². The van der Waals surface area contributed by atoms with Crippen molar-refractivity contribution in [2.75, 3.05) is 0 Å². The van der Waals surface area contributed by atoms with Crippen LogP contribution in [0.1, 0.15) is 0 Å². The van der Waals surface area contributed by atoms with Crippen LogP contribution in [-0.4, -0.2) is 9.97 Å². The van der Waals surface area contributed by atoms with Crippen LogP contribution >= 0.6 is 12.2 Å². The minimum Gasteiger partial charge on any atom is -0.350 e. The molecule has 2 nitrogen and oxygen atoms in total. The third-order valence-corrected chi connectivity index (χ3v) is 2.10. The first-order valence-corrected chi connectivity index (χ1v) is 4.58. The van der Waals surface area contributed by atoms with E-state index in [1.165, 1.54) is 24.5 Å². The van der Waals surface area contributed by atoms with Crippen molar-refractivity contribution in [2.24, 2.45) is 0 Å². The third kappa shape index (κ3) is 2.07. The van der Waals surface area contributed by atoms with Crippen molar-refractivity contribution in [3.63, 3.8) is 0 Å². The Hall–Kier alpha value is -1.62. The second-order valence-corrected chi connectivity index (χ2v) is 3.36. The summed E-state index contributed by atoms with van der Waals surface area (Å²) in [6, 6.07) is 3.34. The summed E-state index contributed by atoms with van der Waals surface area (Å²) in [6.45, 7) is 0. The van der Waals surface area contributed by atoms with Crippen molar-refractivity contribution in [1.82, 2.24) is 9.97 Å². The number of nitrogens with zero attached hydrogens (tertiary/aromatic N) is 1. The molecule has 0 aliphatic heterocycles. The smallest absolute Gasteiger partial charge is 0.135 e. The van der Waals surface area contributed by atoms with E-state index in [-0.39, 0.29) is 5.56 Å². The first-order valence-electron chi connectivity index (χ1n) is 4.17. The lowest BCUT2D eigenvalue weighted by Gasteiger charge is -2.01. The molecular weight excluding hydrogens is 218 g/mol. The molecule has 0 amide bonds. The molecule has 0 bridgehead atoms. The summed E-state index contributed by atoms with van der Waals surface area (Å²) >= 11 is 4.80. The minimum absolute atomic E-state index is 0.239. The monoisotopic (exact) mass is 224 g/mol. The summed E-state index contributed by atoms with van der Waals surface area (Å²) in [5, 5.41) is 0. The lowest BCUT2D eigenvalue weighted by Crippen LogP contribution is -1.90. The highest BCUT2D eigenvalue weighted by molar-refractivity contribution is 7.71. The van der Waals surface area contributed by atoms with Crippen LogP contribution in [-0.2, 0) is 0 Å². The molecule has 1 N–H and O–H groups in total. The number of hydrogen-bond donors (Lipinski definition) is 1. The van der Waals surface area contributed by atoms with Gasteiger partial charge in [-0.15, -0.1) is 0 Å². The average Bonchev–Trinajstić information content (AvgIpc) is 2.20. The molecule has 0 fully saturated rings. The number of hydrogen-bond acceptors (Lipinski definition) is 2. The molecule has 0 spiro atoms. The fourth-order valence-electron chi connectivity index (χ4n) is 1.19. The summed E-state index contributed by atoms with van der Waals surface area (Å²) in [7, 11) is 0. The fraction of sp³-hybridized carbons (Fsp3) is 0. The van der Waals surface area contributed by atoms with Gasteiger partial charge in [0.1, 0.15) is 16.3 Å². The van der Waals surface area contributed by atoms with Crippen LogP contribution < -0.4 is 0 Å². The molecular formula is C10H6F2N2S. The van der Waals surface area contributed by atoms with Gasteiger partial charge in [0.05, 0.1) is 11.9 Å². The molecule has 1 aromatic heterocycles. The lowest BCUT2D eigenvalue weighted by molar-refractivity contribution is 0.585. The van der Waals surface area contributed by atoms with Crippen molar-refractivity contribution >= 4 is 12.2 Å². The van der Waals surface area contributed by atoms with Gasteiger partial charge >= 0.3 is 0 Å². The van der Waals surface area contributed by atoms with Crippen LogP contribution in [0.3, 0.4) is 0 Å². The Morgan fingerprint density at radius 1 is 1.27 bits per heavy atom. The molecule has 15 heavy (non-hydrogen) atoms. The number of rotatable bonds is 1. The van der Waals surface area contributed by atoms with Crippen molar-refractivity contribution in [2.45, 2.75) is 0 Å². The predicted octanol–water partition coefficient (Wildman–Crippen LogP) is 3.08. The van der Waals surface area contributed by atoms with E-state index in [1.54, 1.807) is 0 Å². The number of benzene rings is 1. The molecule has 1 heterocycles. The summed E-state index contributed by atoms with van der Waals surface area (Å²) in [4.78, 5) is 6.67. The lowest BCUT2D eigenvalue weighted by atomic mass is 10.1. The zero-order valence-electron chi connectivity index (χ0n) is 7.50. The predicted molar refractivity (Wildman–Crippen MR) is 54.8 cm³/mol. The highest BCUT2D eigenvalue weighted by atomic mass is 32.1. The van der Waals surface area contributed by atoms with Crippen LogP contribution in [0.15, 0.2) is 30.6 Å². The van der Waals surface area contributed by atoms with Gasteiger partial charge in [-0.25, -0.2) is 8.78 Å². The maximum Gasteiger partial charge on any atom is 0.135 e. The van der Waals surface area contributed by atoms with Crippen LogP contribution in [0, 0.1) is 16.3 Å². The Balaban J connectivity index is 2.54. The highest BCUT2D eigenvalue weighted by Gasteiger charge is 2.06. The molecule has 0 saturated carbocycles. The van der Waals surface area contributed by atoms with Crippen molar-refractivity contribution in [1.29, 1.82) is 0 Å². The molecule has 0 unspecified atom stereocenters. The Bertz CT molecular complexity index is 531. The van der Waals surface area contributed by atoms with E-state index in [0.717, 1.165) is 6.07 Å². The number of halogens is 2. The van der Waals surface area contributed by atoms with Gasteiger partial charge in [-0.05, 0) is 12.1 Å². The number of aromatic nitrogens is 2. The Morgan fingerprint density at radius 2 is 2.07 bits per heavy atom. The van der Waals surface area contributed by atoms with E-state index in [9.17, 15) is 8.78 Å². The molecule has 2 rings (SSSR count). The average molecular weight is 224 g/mol. The number of nitrogens with one attached hydrogen (secondary N) is 1. The molecule has 5 heteroatoms. The second-order valence-electron chi connectivity index (χ2n) is 2.92. The molecule has 0 aliphatic carbocycles. The molecule has 0 aliphatic rings. The number of H-pyrrole nitrogens is 1. The summed E-state index contributed by atoms with van der Waals surface area (Å²) in [5.74, 6) is -1.26. The fourth-order valence-corrected chi connectivity index (χ4v) is 1.30. The summed E-state index contributed by atoms with van der Waals surface area (Å²) in [5.41, 5.74) is 0.628. The van der Waals surface area contributed by atoms with Gasteiger partial charge in [-0.3, -0.25) is 4.98 Å². The largest absolute Gasteiger partial charge is 0.350 e.